The smallest absolute Gasteiger partial charge is 0.240 e. The van der Waals surface area contributed by atoms with Gasteiger partial charge in [-0.05, 0) is 43.4 Å². The van der Waals surface area contributed by atoms with Crippen molar-refractivity contribution >= 4 is 11.8 Å². The zero-order valence-electron chi connectivity index (χ0n) is 17.4. The van der Waals surface area contributed by atoms with Crippen LogP contribution in [0.5, 0.6) is 0 Å². The Bertz CT molecular complexity index is 641. The fraction of sp³-hybridized carbons (Fsp3) is 0.905. The molecular formula is C21H35N3O3. The van der Waals surface area contributed by atoms with Crippen molar-refractivity contribution in [3.05, 3.63) is 0 Å². The number of nitrogens with zero attached hydrogens (tertiary/aromatic N) is 2. The molecule has 0 aromatic heterocycles. The van der Waals surface area contributed by atoms with Gasteiger partial charge < -0.3 is 15.3 Å². The van der Waals surface area contributed by atoms with Gasteiger partial charge in [-0.3, -0.25) is 14.5 Å². The molecule has 27 heavy (non-hydrogen) atoms. The van der Waals surface area contributed by atoms with Crippen LogP contribution in [0.3, 0.4) is 0 Å². The molecule has 0 radical (unpaired) electrons. The van der Waals surface area contributed by atoms with Crippen LogP contribution in [0.1, 0.15) is 60.3 Å². The van der Waals surface area contributed by atoms with Gasteiger partial charge in [-0.25, -0.2) is 0 Å². The van der Waals surface area contributed by atoms with Gasteiger partial charge in [0.15, 0.2) is 0 Å². The number of aliphatic hydroxyl groups excluding tert-OH is 1. The molecule has 0 bridgehead atoms. The first kappa shape index (κ1) is 19.2. The number of carbonyl (C=O) groups excluding carboxylic acids is 2. The maximum absolute atomic E-state index is 13.0. The summed E-state index contributed by atoms with van der Waals surface area (Å²) in [6, 6.07) is 0.00317. The minimum atomic E-state index is -0.618. The molecule has 3 atom stereocenters. The Morgan fingerprint density at radius 3 is 2.22 bits per heavy atom. The van der Waals surface area contributed by atoms with Crippen molar-refractivity contribution in [2.45, 2.75) is 84.5 Å². The van der Waals surface area contributed by atoms with Crippen molar-refractivity contribution in [3.63, 3.8) is 0 Å². The predicted molar refractivity (Wildman–Crippen MR) is 103 cm³/mol. The number of aliphatic hydroxyl groups is 1. The highest BCUT2D eigenvalue weighted by Gasteiger charge is 2.78. The number of amides is 2. The van der Waals surface area contributed by atoms with Crippen molar-refractivity contribution in [1.82, 2.24) is 15.1 Å². The third kappa shape index (κ3) is 2.45. The molecule has 152 valence electrons. The number of hydrogen-bond acceptors (Lipinski definition) is 4. The zero-order chi connectivity index (χ0) is 19.8. The topological polar surface area (TPSA) is 72.9 Å². The minimum Gasteiger partial charge on any atom is -0.390 e. The lowest BCUT2D eigenvalue weighted by atomic mass is 9.92. The molecule has 2 aliphatic carbocycles. The molecule has 2 amide bonds. The Labute approximate surface area is 162 Å². The maximum Gasteiger partial charge on any atom is 0.240 e. The molecule has 1 unspecified atom stereocenters. The molecule has 2 saturated carbocycles. The molecule has 2 N–H and O–H groups in total. The van der Waals surface area contributed by atoms with E-state index in [2.05, 4.69) is 37.9 Å². The lowest BCUT2D eigenvalue weighted by molar-refractivity contribution is -0.135. The normalized spacial score (nSPS) is 37.3. The quantitative estimate of drug-likeness (QED) is 0.776. The third-order valence-electron chi connectivity index (χ3n) is 9.26. The number of carbonyl (C=O) groups is 2. The second kappa shape index (κ2) is 5.93. The van der Waals surface area contributed by atoms with E-state index >= 15 is 0 Å². The monoisotopic (exact) mass is 377 g/mol. The van der Waals surface area contributed by atoms with Gasteiger partial charge in [-0.2, -0.15) is 0 Å². The molecule has 2 aliphatic heterocycles. The number of hydrogen-bond donors (Lipinski definition) is 2. The molecule has 6 heteroatoms. The number of β-amino-alcohol motifs (C(OH)–C–C–N with tert-alkyl or cyclic N) is 1. The molecule has 4 fully saturated rings. The molecular weight excluding hydrogens is 342 g/mol. The van der Waals surface area contributed by atoms with Crippen LogP contribution >= 0.6 is 0 Å². The van der Waals surface area contributed by atoms with Gasteiger partial charge in [0.2, 0.25) is 11.8 Å². The van der Waals surface area contributed by atoms with E-state index in [0.717, 1.165) is 25.8 Å². The van der Waals surface area contributed by atoms with Crippen molar-refractivity contribution in [2.75, 3.05) is 19.6 Å². The summed E-state index contributed by atoms with van der Waals surface area (Å²) in [6.45, 7) is 12.4. The number of likely N-dealkylation sites (tertiary alicyclic amines) is 2. The molecule has 2 saturated heterocycles. The SMILES string of the molecule is CC1(C)C(C)(C)C1(C)C(=O)N[C@@H]1CN(C2CCN(C3CCC3)C2=O)C[C@@H]1O. The van der Waals surface area contributed by atoms with Gasteiger partial charge in [0.05, 0.1) is 23.6 Å². The van der Waals surface area contributed by atoms with Gasteiger partial charge in [0, 0.05) is 25.7 Å². The summed E-state index contributed by atoms with van der Waals surface area (Å²) in [5.41, 5.74) is -0.576. The highest BCUT2D eigenvalue weighted by atomic mass is 16.3. The van der Waals surface area contributed by atoms with E-state index in [9.17, 15) is 14.7 Å². The highest BCUT2D eigenvalue weighted by Crippen LogP contribution is 2.77. The van der Waals surface area contributed by atoms with Crippen LogP contribution in [0.4, 0.5) is 0 Å². The third-order valence-corrected chi connectivity index (χ3v) is 9.26. The summed E-state index contributed by atoms with van der Waals surface area (Å²) < 4.78 is 0. The molecule has 2 heterocycles. The van der Waals surface area contributed by atoms with E-state index in [1.807, 2.05) is 11.8 Å². The van der Waals surface area contributed by atoms with Crippen molar-refractivity contribution in [3.8, 4) is 0 Å². The van der Waals surface area contributed by atoms with Crippen LogP contribution in [-0.2, 0) is 9.59 Å². The van der Waals surface area contributed by atoms with E-state index in [0.29, 0.717) is 19.1 Å². The van der Waals surface area contributed by atoms with Crippen LogP contribution < -0.4 is 5.32 Å². The first-order chi connectivity index (χ1) is 12.5. The van der Waals surface area contributed by atoms with Gasteiger partial charge in [0.25, 0.3) is 0 Å². The average Bonchev–Trinajstić information content (AvgIpc) is 2.94. The van der Waals surface area contributed by atoms with E-state index in [1.165, 1.54) is 6.42 Å². The zero-order valence-corrected chi connectivity index (χ0v) is 17.4. The highest BCUT2D eigenvalue weighted by molar-refractivity contribution is 5.89. The van der Waals surface area contributed by atoms with Crippen molar-refractivity contribution in [2.24, 2.45) is 16.2 Å². The molecule has 0 aromatic carbocycles. The predicted octanol–water partition coefficient (Wildman–Crippen LogP) is 1.37. The van der Waals surface area contributed by atoms with Crippen molar-refractivity contribution < 1.29 is 14.7 Å². The van der Waals surface area contributed by atoms with Gasteiger partial charge >= 0.3 is 0 Å². The fourth-order valence-electron chi connectivity index (χ4n) is 5.77. The van der Waals surface area contributed by atoms with E-state index in [1.54, 1.807) is 0 Å². The Hall–Kier alpha value is -1.14. The summed E-state index contributed by atoms with van der Waals surface area (Å²) in [5, 5.41) is 13.7. The Kier molecular flexibility index (Phi) is 4.21. The molecule has 6 nitrogen and oxygen atoms in total. The largest absolute Gasteiger partial charge is 0.390 e. The Morgan fingerprint density at radius 2 is 1.70 bits per heavy atom. The summed E-state index contributed by atoms with van der Waals surface area (Å²) in [7, 11) is 0. The van der Waals surface area contributed by atoms with Gasteiger partial charge in [-0.1, -0.05) is 27.7 Å². The fourth-order valence-corrected chi connectivity index (χ4v) is 5.77. The second-order valence-electron chi connectivity index (χ2n) is 10.4. The summed E-state index contributed by atoms with van der Waals surface area (Å²) in [4.78, 5) is 30.0. The van der Waals surface area contributed by atoms with E-state index in [-0.39, 0.29) is 34.7 Å². The number of rotatable bonds is 4. The Morgan fingerprint density at radius 1 is 1.07 bits per heavy atom. The van der Waals surface area contributed by atoms with Crippen LogP contribution in [0, 0.1) is 16.2 Å². The summed E-state index contributed by atoms with van der Waals surface area (Å²) in [6.07, 6.45) is 3.70. The standard InChI is InChI=1S/C21H35N3O3/c1-19(2)20(3,4)21(19,5)18(27)22-14-11-23(12-16(14)25)15-9-10-24(17(15)26)13-7-6-8-13/h13-16,25H,6-12H2,1-5H3,(H,22,27)/t14-,15?,16+/m1/s1. The Balaban J connectivity index is 1.38. The lowest BCUT2D eigenvalue weighted by Crippen LogP contribution is -2.48. The molecule has 0 spiro atoms. The van der Waals surface area contributed by atoms with Crippen LogP contribution in [-0.4, -0.2) is 70.6 Å². The first-order valence-electron chi connectivity index (χ1n) is 10.6. The molecule has 4 aliphatic rings. The van der Waals surface area contributed by atoms with Crippen LogP contribution in [0.15, 0.2) is 0 Å². The van der Waals surface area contributed by atoms with E-state index in [4.69, 9.17) is 0 Å². The minimum absolute atomic E-state index is 0.0252. The van der Waals surface area contributed by atoms with Crippen LogP contribution in [0.2, 0.25) is 0 Å². The van der Waals surface area contributed by atoms with Crippen LogP contribution in [0.25, 0.3) is 0 Å². The second-order valence-corrected chi connectivity index (χ2v) is 10.4. The van der Waals surface area contributed by atoms with Crippen molar-refractivity contribution in [1.29, 1.82) is 0 Å². The van der Waals surface area contributed by atoms with Gasteiger partial charge in [0.1, 0.15) is 0 Å². The number of nitrogens with one attached hydrogen (secondary N) is 1. The van der Waals surface area contributed by atoms with E-state index < -0.39 is 11.5 Å². The lowest BCUT2D eigenvalue weighted by Gasteiger charge is -2.35. The van der Waals surface area contributed by atoms with Gasteiger partial charge in [-0.15, -0.1) is 0 Å². The summed E-state index contributed by atoms with van der Waals surface area (Å²) in [5.74, 6) is 0.243. The maximum atomic E-state index is 13.0. The summed E-state index contributed by atoms with van der Waals surface area (Å²) >= 11 is 0. The molecule has 0 aromatic rings. The molecule has 4 rings (SSSR count). The average molecular weight is 378 g/mol. The first-order valence-corrected chi connectivity index (χ1v) is 10.6.